The Morgan fingerprint density at radius 3 is 1.02 bits per heavy atom. The third kappa shape index (κ3) is 50.3. The Kier molecular flexibility index (Phi) is 64.8. The van der Waals surface area contributed by atoms with Crippen molar-refractivity contribution in [3.8, 4) is 0 Å². The molecule has 0 radical (unpaired) electrons. The van der Waals surface area contributed by atoms with E-state index in [-0.39, 0.29) is 25.7 Å². The van der Waals surface area contributed by atoms with Crippen LogP contribution < -0.4 is 0 Å². The fourth-order valence-electron chi connectivity index (χ4n) is 16.1. The number of rotatable bonds is 77. The molecule has 2 saturated heterocycles. The summed E-state index contributed by atoms with van der Waals surface area (Å²) in [7, 11) is -5.80. The van der Waals surface area contributed by atoms with Crippen LogP contribution in [0.1, 0.15) is 420 Å². The molecule has 19 unspecified atom stereocenters. The first-order valence-corrected chi connectivity index (χ1v) is 49.2. The lowest BCUT2D eigenvalue weighted by Crippen LogP contribution is -2.70. The second-order valence-corrected chi connectivity index (χ2v) is 35.9. The number of unbranched alkanes of at least 4 members (excludes halogenated alkanes) is 49. The van der Waals surface area contributed by atoms with Gasteiger partial charge >= 0.3 is 31.7 Å². The Bertz CT molecular complexity index is 2450. The van der Waals surface area contributed by atoms with Crippen molar-refractivity contribution in [3.63, 3.8) is 0 Å². The van der Waals surface area contributed by atoms with E-state index in [0.29, 0.717) is 38.0 Å². The molecule has 0 bridgehead atoms. The Hall–Kier alpha value is -2.53. The number of carbonyl (C=O) groups is 4. The van der Waals surface area contributed by atoms with E-state index in [1.807, 2.05) is 0 Å². The predicted octanol–water partition coefficient (Wildman–Crippen LogP) is 17.6. The van der Waals surface area contributed by atoms with Crippen LogP contribution in [-0.2, 0) is 70.7 Å². The zero-order valence-corrected chi connectivity index (χ0v) is 74.6. The summed E-state index contributed by atoms with van der Waals surface area (Å²) in [5.74, 6) is -2.25. The molecule has 26 heteroatoms. The fraction of sp³-hybridized carbons (Fsp3) is 0.956. The molecular formula is C91H171O25P. The van der Waals surface area contributed by atoms with Gasteiger partial charge < -0.3 is 88.7 Å². The summed E-state index contributed by atoms with van der Waals surface area (Å²) in [6, 6.07) is 0. The van der Waals surface area contributed by atoms with Gasteiger partial charge in [0.1, 0.15) is 92.6 Å². The molecule has 3 fully saturated rings. The number of carbonyl (C=O) groups excluding carboxylic acids is 4. The van der Waals surface area contributed by atoms with Gasteiger partial charge in [-0.2, -0.15) is 0 Å². The average Bonchev–Trinajstić information content (AvgIpc) is 0.750. The molecule has 1 aliphatic carbocycles. The van der Waals surface area contributed by atoms with E-state index in [9.17, 15) is 74.6 Å². The molecule has 0 amide bonds. The highest BCUT2D eigenvalue weighted by Crippen LogP contribution is 2.49. The lowest BCUT2D eigenvalue weighted by Gasteiger charge is -2.50. The van der Waals surface area contributed by atoms with Crippen molar-refractivity contribution in [1.29, 1.82) is 0 Å². The van der Waals surface area contributed by atoms with Gasteiger partial charge in [-0.25, -0.2) is 4.57 Å². The van der Waals surface area contributed by atoms with Crippen molar-refractivity contribution in [2.45, 2.75) is 524 Å². The maximum atomic E-state index is 14.9. The minimum Gasteiger partial charge on any atom is -0.463 e. The van der Waals surface area contributed by atoms with Gasteiger partial charge in [0, 0.05) is 25.7 Å². The number of phosphoric ester groups is 1. The van der Waals surface area contributed by atoms with E-state index in [1.54, 1.807) is 0 Å². The van der Waals surface area contributed by atoms with Crippen molar-refractivity contribution >= 4 is 31.7 Å². The Labute approximate surface area is 706 Å². The number of esters is 4. The zero-order valence-electron chi connectivity index (χ0n) is 73.7. The zero-order chi connectivity index (χ0) is 85.5. The van der Waals surface area contributed by atoms with Crippen LogP contribution in [0.3, 0.4) is 0 Å². The fourth-order valence-corrected chi connectivity index (χ4v) is 17.1. The van der Waals surface area contributed by atoms with Gasteiger partial charge in [0.15, 0.2) is 24.8 Å². The summed E-state index contributed by atoms with van der Waals surface area (Å²) < 4.78 is 73.5. The monoisotopic (exact) mass is 1700 g/mol. The molecule has 690 valence electrons. The molecule has 0 aromatic rings. The van der Waals surface area contributed by atoms with Gasteiger partial charge in [-0.1, -0.05) is 369 Å². The SMILES string of the molecule is CCCCCCCCCCCCCCCCCCC(=O)OCC1OC(OC2C(OC(=O)CCCCCCCCCCCCCCC)C(O)C(O)C(OC3OC(CO)C(O)C(O)C3O)C2OP(=O)(O)OCC(COC(=O)CCCCCCCCC(C)CCCCCCCC)OC(=O)CCCCCCCCCCCCCCC)C(O)C(O)C1O. The van der Waals surface area contributed by atoms with Crippen LogP contribution in [-0.4, -0.2) is 205 Å². The highest BCUT2D eigenvalue weighted by molar-refractivity contribution is 7.47. The third-order valence-corrected chi connectivity index (χ3v) is 24.7. The summed E-state index contributed by atoms with van der Waals surface area (Å²) >= 11 is 0. The third-order valence-electron chi connectivity index (χ3n) is 23.8. The number of aliphatic hydroxyl groups is 9. The highest BCUT2D eigenvalue weighted by Gasteiger charge is 2.60. The van der Waals surface area contributed by atoms with Crippen LogP contribution in [0.4, 0.5) is 0 Å². The predicted molar refractivity (Wildman–Crippen MR) is 453 cm³/mol. The molecule has 3 aliphatic rings. The number of hydrogen-bond acceptors (Lipinski definition) is 24. The van der Waals surface area contributed by atoms with Crippen LogP contribution in [0, 0.1) is 5.92 Å². The van der Waals surface area contributed by atoms with E-state index in [0.717, 1.165) is 128 Å². The van der Waals surface area contributed by atoms with Gasteiger partial charge in [-0.05, 0) is 31.6 Å². The lowest BCUT2D eigenvalue weighted by atomic mass is 9.84. The first-order chi connectivity index (χ1) is 56.6. The van der Waals surface area contributed by atoms with Gasteiger partial charge in [-0.15, -0.1) is 0 Å². The topological polar surface area (TPSA) is 380 Å². The largest absolute Gasteiger partial charge is 0.472 e. The molecule has 0 aromatic heterocycles. The van der Waals surface area contributed by atoms with E-state index in [2.05, 4.69) is 34.6 Å². The van der Waals surface area contributed by atoms with Crippen molar-refractivity contribution in [2.24, 2.45) is 5.92 Å². The summed E-state index contributed by atoms with van der Waals surface area (Å²) in [5, 5.41) is 102. The molecule has 10 N–H and O–H groups in total. The van der Waals surface area contributed by atoms with E-state index >= 15 is 0 Å². The van der Waals surface area contributed by atoms with E-state index < -0.39 is 162 Å². The van der Waals surface area contributed by atoms with Gasteiger partial charge in [0.25, 0.3) is 0 Å². The van der Waals surface area contributed by atoms with Crippen LogP contribution in [0.5, 0.6) is 0 Å². The van der Waals surface area contributed by atoms with Crippen LogP contribution in [0.15, 0.2) is 0 Å². The van der Waals surface area contributed by atoms with Crippen molar-refractivity contribution in [2.75, 3.05) is 26.4 Å². The van der Waals surface area contributed by atoms with E-state index in [1.165, 1.54) is 199 Å². The summed E-state index contributed by atoms with van der Waals surface area (Å²) in [5.41, 5.74) is 0. The summed E-state index contributed by atoms with van der Waals surface area (Å²) in [6.07, 6.45) is 25.3. The lowest BCUT2D eigenvalue weighted by molar-refractivity contribution is -0.360. The minimum absolute atomic E-state index is 0.0200. The van der Waals surface area contributed by atoms with Crippen LogP contribution in [0.25, 0.3) is 0 Å². The molecule has 2 aliphatic heterocycles. The number of ether oxygens (including phenoxy) is 8. The van der Waals surface area contributed by atoms with Crippen molar-refractivity contribution in [3.05, 3.63) is 0 Å². The summed E-state index contributed by atoms with van der Waals surface area (Å²) in [6.45, 7) is 7.96. The first kappa shape index (κ1) is 109. The molecule has 117 heavy (non-hydrogen) atoms. The second kappa shape index (κ2) is 69.7. The Morgan fingerprint density at radius 1 is 0.333 bits per heavy atom. The van der Waals surface area contributed by atoms with Crippen molar-refractivity contribution < 1.29 is 122 Å². The van der Waals surface area contributed by atoms with Gasteiger partial charge in [-0.3, -0.25) is 28.2 Å². The highest BCUT2D eigenvalue weighted by atomic mass is 31.2. The molecule has 19 atom stereocenters. The quantitative estimate of drug-likeness (QED) is 0.0117. The molecule has 2 heterocycles. The molecule has 0 aromatic carbocycles. The number of hydrogen-bond donors (Lipinski definition) is 10. The molecule has 0 spiro atoms. The first-order valence-electron chi connectivity index (χ1n) is 47.7. The van der Waals surface area contributed by atoms with Crippen molar-refractivity contribution in [1.82, 2.24) is 0 Å². The maximum absolute atomic E-state index is 14.9. The van der Waals surface area contributed by atoms with Gasteiger partial charge in [0.2, 0.25) is 0 Å². The molecule has 3 rings (SSSR count). The average molecular weight is 1700 g/mol. The van der Waals surface area contributed by atoms with Crippen LogP contribution >= 0.6 is 7.82 Å². The smallest absolute Gasteiger partial charge is 0.463 e. The molecular weight excluding hydrogens is 1520 g/mol. The molecule has 25 nitrogen and oxygen atoms in total. The molecule has 1 saturated carbocycles. The Balaban J connectivity index is 1.91. The summed E-state index contributed by atoms with van der Waals surface area (Å²) in [4.78, 5) is 66.5. The minimum atomic E-state index is -5.80. The number of aliphatic hydroxyl groups excluding tert-OH is 9. The van der Waals surface area contributed by atoms with E-state index in [4.69, 9.17) is 46.9 Å². The normalized spacial score (nSPS) is 25.3. The standard InChI is InChI=1S/C91H171O25P/c1-6-10-14-18-22-25-28-31-32-33-36-37-40-43-50-57-63-75(94)108-69-73-79(98)81(100)85(104)91(112-73)115-88-86(113-77(96)65-59-53-45-42-39-35-30-27-24-20-16-12-8-3)82(101)83(102)87(114-90-84(103)80(99)78(97)72(66-92)111-90)89(88)116-117(105,106)109-68-71(110-76(95)64-58-52-44-41-38-34-29-26-23-19-15-11-7-2)67-107-74(93)62-56-51-47-46-49-55-61-70(5)60-54-48-21-17-13-9-4/h70-73,78-92,97-104H,6-69H2,1-5H3,(H,105,106). The Morgan fingerprint density at radius 2 is 0.641 bits per heavy atom. The number of phosphoric acid groups is 1. The van der Waals surface area contributed by atoms with Crippen LogP contribution in [0.2, 0.25) is 0 Å². The van der Waals surface area contributed by atoms with Gasteiger partial charge in [0.05, 0.1) is 13.2 Å². The second-order valence-electron chi connectivity index (χ2n) is 34.5. The maximum Gasteiger partial charge on any atom is 0.472 e.